The van der Waals surface area contributed by atoms with Crippen molar-refractivity contribution in [1.29, 1.82) is 0 Å². The highest BCUT2D eigenvalue weighted by atomic mass is 19.1. The molecule has 0 spiro atoms. The highest BCUT2D eigenvalue weighted by Crippen LogP contribution is 2.24. The second kappa shape index (κ2) is 7.29. The topological polar surface area (TPSA) is 59.5 Å². The molecule has 0 aliphatic carbocycles. The van der Waals surface area contributed by atoms with E-state index in [1.54, 1.807) is 30.3 Å². The number of aromatic nitrogens is 1. The van der Waals surface area contributed by atoms with Crippen LogP contribution >= 0.6 is 0 Å². The first-order valence-electron chi connectivity index (χ1n) is 7.69. The Labute approximate surface area is 142 Å². The fraction of sp³-hybridized carbons (Fsp3) is 0.222. The predicted molar refractivity (Wildman–Crippen MR) is 85.4 cm³/mol. The maximum Gasteiger partial charge on any atom is 0.223 e. The van der Waals surface area contributed by atoms with Gasteiger partial charge in [0.1, 0.15) is 17.4 Å². The van der Waals surface area contributed by atoms with Crippen LogP contribution in [0.5, 0.6) is 0 Å². The Morgan fingerprint density at radius 3 is 2.84 bits per heavy atom. The molecule has 0 aliphatic rings. The van der Waals surface area contributed by atoms with E-state index in [1.807, 2.05) is 0 Å². The Morgan fingerprint density at radius 2 is 2.12 bits per heavy atom. The molecule has 0 aliphatic heterocycles. The molecule has 0 radical (unpaired) electrons. The minimum Gasteiger partial charge on any atom is -0.467 e. The van der Waals surface area contributed by atoms with Crippen LogP contribution in [0, 0.1) is 11.6 Å². The minimum atomic E-state index is -0.725. The van der Waals surface area contributed by atoms with E-state index in [0.29, 0.717) is 18.2 Å². The zero-order chi connectivity index (χ0) is 17.8. The molecule has 1 amide bonds. The van der Waals surface area contributed by atoms with Gasteiger partial charge in [-0.15, -0.1) is 0 Å². The first-order valence-corrected chi connectivity index (χ1v) is 7.69. The van der Waals surface area contributed by atoms with Gasteiger partial charge in [-0.3, -0.25) is 4.79 Å². The number of furan rings is 1. The number of amides is 1. The summed E-state index contributed by atoms with van der Waals surface area (Å²) in [4.78, 5) is 17.7. The van der Waals surface area contributed by atoms with Crippen molar-refractivity contribution in [3.05, 3.63) is 66.1 Å². The van der Waals surface area contributed by atoms with Crippen molar-refractivity contribution in [1.82, 2.24) is 9.88 Å². The quantitative estimate of drug-likeness (QED) is 0.681. The van der Waals surface area contributed by atoms with E-state index in [2.05, 4.69) is 4.98 Å². The number of nitrogens with zero attached hydrogens (tertiary/aromatic N) is 2. The van der Waals surface area contributed by atoms with Crippen LogP contribution in [-0.2, 0) is 17.8 Å². The molecule has 3 rings (SSSR count). The lowest BCUT2D eigenvalue weighted by Gasteiger charge is -2.14. The lowest BCUT2D eigenvalue weighted by atomic mass is 10.2. The summed E-state index contributed by atoms with van der Waals surface area (Å²) in [6.07, 6.45) is 3.40. The Morgan fingerprint density at radius 1 is 1.28 bits per heavy atom. The predicted octanol–water partition coefficient (Wildman–Crippen LogP) is 3.80. The molecule has 0 fully saturated rings. The van der Waals surface area contributed by atoms with Gasteiger partial charge in [0.2, 0.25) is 5.91 Å². The third kappa shape index (κ3) is 4.12. The Bertz CT molecular complexity index is 859. The van der Waals surface area contributed by atoms with Crippen LogP contribution in [0.15, 0.2) is 51.6 Å². The molecule has 3 aromatic rings. The summed E-state index contributed by atoms with van der Waals surface area (Å²) >= 11 is 0. The molecule has 2 aromatic heterocycles. The van der Waals surface area contributed by atoms with Crippen LogP contribution in [0.3, 0.4) is 0 Å². The molecule has 0 unspecified atom stereocenters. The molecule has 0 atom stereocenters. The van der Waals surface area contributed by atoms with E-state index in [9.17, 15) is 13.6 Å². The number of benzene rings is 1. The maximum atomic E-state index is 13.7. The summed E-state index contributed by atoms with van der Waals surface area (Å²) in [6, 6.07) is 6.77. The van der Waals surface area contributed by atoms with E-state index < -0.39 is 11.6 Å². The fourth-order valence-electron chi connectivity index (χ4n) is 2.37. The zero-order valence-corrected chi connectivity index (χ0v) is 13.5. The van der Waals surface area contributed by atoms with Crippen molar-refractivity contribution >= 4 is 5.91 Å². The maximum absolute atomic E-state index is 13.7. The van der Waals surface area contributed by atoms with Crippen molar-refractivity contribution in [2.45, 2.75) is 19.4 Å². The second-order valence-corrected chi connectivity index (χ2v) is 5.57. The molecule has 0 N–H and O–H groups in total. The van der Waals surface area contributed by atoms with Gasteiger partial charge in [0.25, 0.3) is 0 Å². The second-order valence-electron chi connectivity index (χ2n) is 5.57. The molecule has 1 aromatic carbocycles. The summed E-state index contributed by atoms with van der Waals surface area (Å²) in [5.41, 5.74) is 0.126. The van der Waals surface area contributed by atoms with E-state index in [0.717, 1.165) is 12.1 Å². The molecule has 5 nitrogen and oxygen atoms in total. The monoisotopic (exact) mass is 346 g/mol. The summed E-state index contributed by atoms with van der Waals surface area (Å²) in [5.74, 6) is -0.268. The number of hydrogen-bond acceptors (Lipinski definition) is 4. The Balaban J connectivity index is 1.59. The van der Waals surface area contributed by atoms with Crippen LogP contribution in [0.1, 0.15) is 18.1 Å². The number of rotatable bonds is 6. The van der Waals surface area contributed by atoms with Crippen molar-refractivity contribution in [2.75, 3.05) is 7.05 Å². The minimum absolute atomic E-state index is 0.0934. The van der Waals surface area contributed by atoms with Gasteiger partial charge in [0.05, 0.1) is 24.6 Å². The van der Waals surface area contributed by atoms with Gasteiger partial charge in [-0.2, -0.15) is 0 Å². The van der Waals surface area contributed by atoms with E-state index in [4.69, 9.17) is 8.83 Å². The van der Waals surface area contributed by atoms with E-state index in [-0.39, 0.29) is 30.1 Å². The molecule has 2 heterocycles. The van der Waals surface area contributed by atoms with Crippen molar-refractivity contribution in [2.24, 2.45) is 0 Å². The number of oxazole rings is 1. The number of carbonyl (C=O) groups is 1. The van der Waals surface area contributed by atoms with Gasteiger partial charge < -0.3 is 13.7 Å². The smallest absolute Gasteiger partial charge is 0.223 e. The number of halogens is 2. The van der Waals surface area contributed by atoms with Crippen molar-refractivity contribution in [3.63, 3.8) is 0 Å². The van der Waals surface area contributed by atoms with Crippen LogP contribution in [0.25, 0.3) is 11.3 Å². The third-order valence-corrected chi connectivity index (χ3v) is 3.70. The van der Waals surface area contributed by atoms with Crippen LogP contribution in [0.4, 0.5) is 8.78 Å². The van der Waals surface area contributed by atoms with Gasteiger partial charge in [-0.25, -0.2) is 13.8 Å². The summed E-state index contributed by atoms with van der Waals surface area (Å²) in [5, 5.41) is 0. The average Bonchev–Trinajstić information content (AvgIpc) is 3.24. The molecule has 0 saturated carbocycles. The SMILES string of the molecule is CN(Cc1ccco1)C(=O)CCc1ncc(-c2ccc(F)cc2F)o1. The molecule has 0 bridgehead atoms. The largest absolute Gasteiger partial charge is 0.467 e. The van der Waals surface area contributed by atoms with Crippen molar-refractivity contribution < 1.29 is 22.4 Å². The molecule has 7 heteroatoms. The number of hydrogen-bond donors (Lipinski definition) is 0. The summed E-state index contributed by atoms with van der Waals surface area (Å²) in [6.45, 7) is 0.378. The molecule has 130 valence electrons. The van der Waals surface area contributed by atoms with Crippen LogP contribution < -0.4 is 0 Å². The standard InChI is InChI=1S/C18H16F2N2O3/c1-22(11-13-3-2-8-24-13)18(23)7-6-17-21-10-16(25-17)14-5-4-12(19)9-15(14)20/h2-5,8-10H,6-7,11H2,1H3. The van der Waals surface area contributed by atoms with Gasteiger partial charge in [-0.1, -0.05) is 0 Å². The van der Waals surface area contributed by atoms with E-state index in [1.165, 1.54) is 12.3 Å². The highest BCUT2D eigenvalue weighted by Gasteiger charge is 2.15. The fourth-order valence-corrected chi connectivity index (χ4v) is 2.37. The molecule has 0 saturated heterocycles. The van der Waals surface area contributed by atoms with Crippen molar-refractivity contribution in [3.8, 4) is 11.3 Å². The Hall–Kier alpha value is -2.96. The lowest BCUT2D eigenvalue weighted by Crippen LogP contribution is -2.26. The van der Waals surface area contributed by atoms with E-state index >= 15 is 0 Å². The zero-order valence-electron chi connectivity index (χ0n) is 13.5. The van der Waals surface area contributed by atoms with Gasteiger partial charge in [-0.05, 0) is 24.3 Å². The molecular formula is C18H16F2N2O3. The Kier molecular flexibility index (Phi) is 4.92. The van der Waals surface area contributed by atoms with Gasteiger partial charge in [0.15, 0.2) is 11.7 Å². The highest BCUT2D eigenvalue weighted by molar-refractivity contribution is 5.76. The van der Waals surface area contributed by atoms with Gasteiger partial charge in [0, 0.05) is 26.0 Å². The van der Waals surface area contributed by atoms with Gasteiger partial charge >= 0.3 is 0 Å². The summed E-state index contributed by atoms with van der Waals surface area (Å²) < 4.78 is 37.4. The first kappa shape index (κ1) is 16.9. The third-order valence-electron chi connectivity index (χ3n) is 3.70. The van der Waals surface area contributed by atoms with Crippen LogP contribution in [-0.4, -0.2) is 22.8 Å². The lowest BCUT2D eigenvalue weighted by molar-refractivity contribution is -0.130. The first-order chi connectivity index (χ1) is 12.0. The average molecular weight is 346 g/mol. The summed E-state index contributed by atoms with van der Waals surface area (Å²) in [7, 11) is 1.68. The number of aryl methyl sites for hydroxylation is 1. The molecular weight excluding hydrogens is 330 g/mol. The number of carbonyl (C=O) groups excluding carboxylic acids is 1. The normalized spacial score (nSPS) is 10.8. The van der Waals surface area contributed by atoms with Crippen LogP contribution in [0.2, 0.25) is 0 Å². The molecule has 25 heavy (non-hydrogen) atoms.